The number of H-pyrrole nitrogens is 1. The highest BCUT2D eigenvalue weighted by Gasteiger charge is 2.25. The lowest BCUT2D eigenvalue weighted by Gasteiger charge is -2.19. The standard InChI is InChI=1S/C22H19N3O5S/c1-30-17-9-12-21-19(13-17)20(14-23-21)22(15-5-3-2-4-6-15)24-31(28,29)18-10-7-16(8-11-18)25(26)27/h2-14,22-24H,1H3/t22-/m1/s1. The van der Waals surface area contributed by atoms with Crippen molar-refractivity contribution in [2.45, 2.75) is 10.9 Å². The summed E-state index contributed by atoms with van der Waals surface area (Å²) in [5.41, 5.74) is 2.14. The van der Waals surface area contributed by atoms with Crippen LogP contribution < -0.4 is 9.46 Å². The molecule has 0 radical (unpaired) electrons. The predicted molar refractivity (Wildman–Crippen MR) is 117 cm³/mol. The fourth-order valence-corrected chi connectivity index (χ4v) is 4.62. The van der Waals surface area contributed by atoms with Crippen molar-refractivity contribution in [2.75, 3.05) is 7.11 Å². The molecule has 8 nitrogen and oxygen atoms in total. The second kappa shape index (κ2) is 8.21. The van der Waals surface area contributed by atoms with Crippen LogP contribution in [0.25, 0.3) is 10.9 Å². The molecule has 4 aromatic rings. The smallest absolute Gasteiger partial charge is 0.269 e. The van der Waals surface area contributed by atoms with Gasteiger partial charge in [0, 0.05) is 29.2 Å². The van der Waals surface area contributed by atoms with Crippen LogP contribution in [0.2, 0.25) is 0 Å². The Bertz CT molecular complexity index is 1330. The van der Waals surface area contributed by atoms with Gasteiger partial charge in [-0.2, -0.15) is 4.72 Å². The molecule has 158 valence electrons. The van der Waals surface area contributed by atoms with Gasteiger partial charge in [-0.15, -0.1) is 0 Å². The molecule has 0 saturated carbocycles. The lowest BCUT2D eigenvalue weighted by Crippen LogP contribution is -2.29. The molecule has 0 aliphatic carbocycles. The van der Waals surface area contributed by atoms with Gasteiger partial charge in [-0.05, 0) is 41.5 Å². The van der Waals surface area contributed by atoms with Gasteiger partial charge in [0.15, 0.2) is 0 Å². The molecule has 0 fully saturated rings. The summed E-state index contributed by atoms with van der Waals surface area (Å²) in [4.78, 5) is 13.4. The number of nitrogens with one attached hydrogen (secondary N) is 2. The molecule has 4 rings (SSSR count). The van der Waals surface area contributed by atoms with Crippen molar-refractivity contribution in [1.29, 1.82) is 0 Å². The van der Waals surface area contributed by atoms with E-state index in [9.17, 15) is 18.5 Å². The highest BCUT2D eigenvalue weighted by atomic mass is 32.2. The van der Waals surface area contributed by atoms with Gasteiger partial charge < -0.3 is 9.72 Å². The monoisotopic (exact) mass is 437 g/mol. The van der Waals surface area contributed by atoms with Crippen LogP contribution >= 0.6 is 0 Å². The average Bonchev–Trinajstić information content (AvgIpc) is 3.21. The summed E-state index contributed by atoms with van der Waals surface area (Å²) in [6.07, 6.45) is 1.76. The number of methoxy groups -OCH3 is 1. The Hall–Kier alpha value is -3.69. The molecular weight excluding hydrogens is 418 g/mol. The second-order valence-electron chi connectivity index (χ2n) is 6.87. The molecule has 0 aliphatic heterocycles. The van der Waals surface area contributed by atoms with E-state index in [-0.39, 0.29) is 10.6 Å². The van der Waals surface area contributed by atoms with Crippen LogP contribution in [0.5, 0.6) is 5.75 Å². The maximum absolute atomic E-state index is 13.1. The number of nitro benzene ring substituents is 1. The zero-order valence-electron chi connectivity index (χ0n) is 16.5. The number of nitro groups is 1. The number of aromatic amines is 1. The molecule has 3 aromatic carbocycles. The van der Waals surface area contributed by atoms with Crippen molar-refractivity contribution >= 4 is 26.6 Å². The minimum Gasteiger partial charge on any atom is -0.497 e. The molecule has 9 heteroatoms. The number of sulfonamides is 1. The van der Waals surface area contributed by atoms with Gasteiger partial charge in [0.25, 0.3) is 5.69 Å². The Morgan fingerprint density at radius 2 is 1.74 bits per heavy atom. The van der Waals surface area contributed by atoms with E-state index in [1.165, 1.54) is 24.3 Å². The normalized spacial score (nSPS) is 12.5. The summed E-state index contributed by atoms with van der Waals surface area (Å²) in [7, 11) is -2.41. The molecule has 0 bridgehead atoms. The number of benzene rings is 3. The maximum atomic E-state index is 13.1. The number of hydrogen-bond donors (Lipinski definition) is 2. The Morgan fingerprint density at radius 3 is 2.39 bits per heavy atom. The maximum Gasteiger partial charge on any atom is 0.269 e. The quantitative estimate of drug-likeness (QED) is 0.333. The lowest BCUT2D eigenvalue weighted by molar-refractivity contribution is -0.384. The number of rotatable bonds is 7. The molecule has 1 heterocycles. The third-order valence-corrected chi connectivity index (χ3v) is 6.43. The average molecular weight is 437 g/mol. The van der Waals surface area contributed by atoms with Crippen molar-refractivity contribution in [1.82, 2.24) is 9.71 Å². The van der Waals surface area contributed by atoms with E-state index in [1.807, 2.05) is 48.5 Å². The minimum atomic E-state index is -3.98. The summed E-state index contributed by atoms with van der Waals surface area (Å²) in [6.45, 7) is 0. The summed E-state index contributed by atoms with van der Waals surface area (Å²) in [6, 6.07) is 18.8. The molecular formula is C22H19N3O5S. The molecule has 1 atom stereocenters. The fraction of sp³-hybridized carbons (Fsp3) is 0.0909. The molecule has 1 aromatic heterocycles. The van der Waals surface area contributed by atoms with Crippen LogP contribution in [0.3, 0.4) is 0 Å². The Balaban J connectivity index is 1.79. The zero-order chi connectivity index (χ0) is 22.0. The van der Waals surface area contributed by atoms with Crippen LogP contribution in [0.1, 0.15) is 17.2 Å². The first-order valence-electron chi connectivity index (χ1n) is 9.36. The van der Waals surface area contributed by atoms with Crippen molar-refractivity contribution in [3.63, 3.8) is 0 Å². The van der Waals surface area contributed by atoms with E-state index < -0.39 is 21.0 Å². The number of fused-ring (bicyclic) bond motifs is 1. The zero-order valence-corrected chi connectivity index (χ0v) is 17.3. The van der Waals surface area contributed by atoms with Gasteiger partial charge in [-0.25, -0.2) is 8.42 Å². The third kappa shape index (κ3) is 4.14. The molecule has 0 saturated heterocycles. The molecule has 2 N–H and O–H groups in total. The van der Waals surface area contributed by atoms with Gasteiger partial charge >= 0.3 is 0 Å². The fourth-order valence-electron chi connectivity index (χ4n) is 3.41. The highest BCUT2D eigenvalue weighted by molar-refractivity contribution is 7.89. The first kappa shape index (κ1) is 20.6. The number of aromatic nitrogens is 1. The van der Waals surface area contributed by atoms with E-state index in [0.717, 1.165) is 22.0 Å². The number of ether oxygens (including phenoxy) is 1. The van der Waals surface area contributed by atoms with Gasteiger partial charge in [0.2, 0.25) is 10.0 Å². The highest BCUT2D eigenvalue weighted by Crippen LogP contribution is 2.32. The van der Waals surface area contributed by atoms with E-state index in [0.29, 0.717) is 5.75 Å². The largest absolute Gasteiger partial charge is 0.497 e. The van der Waals surface area contributed by atoms with Gasteiger partial charge in [0.1, 0.15) is 5.75 Å². The van der Waals surface area contributed by atoms with Crippen molar-refractivity contribution < 1.29 is 18.1 Å². The van der Waals surface area contributed by atoms with Crippen molar-refractivity contribution in [3.8, 4) is 5.75 Å². The van der Waals surface area contributed by atoms with Gasteiger partial charge in [0.05, 0.1) is 23.0 Å². The summed E-state index contributed by atoms with van der Waals surface area (Å²) < 4.78 is 34.3. The molecule has 0 aliphatic rings. The molecule has 0 unspecified atom stereocenters. The Kier molecular flexibility index (Phi) is 5.45. The minimum absolute atomic E-state index is 0.0588. The number of nitrogens with zero attached hydrogens (tertiary/aromatic N) is 1. The second-order valence-corrected chi connectivity index (χ2v) is 8.59. The summed E-state index contributed by atoms with van der Waals surface area (Å²) >= 11 is 0. The molecule has 31 heavy (non-hydrogen) atoms. The van der Waals surface area contributed by atoms with E-state index in [1.54, 1.807) is 13.3 Å². The van der Waals surface area contributed by atoms with Crippen LogP contribution in [-0.4, -0.2) is 25.4 Å². The third-order valence-electron chi connectivity index (χ3n) is 5.00. The van der Waals surface area contributed by atoms with E-state index >= 15 is 0 Å². The summed E-state index contributed by atoms with van der Waals surface area (Å²) in [5, 5.41) is 11.7. The van der Waals surface area contributed by atoms with E-state index in [2.05, 4.69) is 9.71 Å². The van der Waals surface area contributed by atoms with Crippen molar-refractivity contribution in [2.24, 2.45) is 0 Å². The predicted octanol–water partition coefficient (Wildman–Crippen LogP) is 4.15. The van der Waals surface area contributed by atoms with Crippen LogP contribution in [-0.2, 0) is 10.0 Å². The van der Waals surface area contributed by atoms with Gasteiger partial charge in [-0.1, -0.05) is 30.3 Å². The SMILES string of the molecule is COc1ccc2[nH]cc([C@H](NS(=O)(=O)c3ccc([N+](=O)[O-])cc3)c3ccccc3)c2c1. The molecule has 0 spiro atoms. The van der Waals surface area contributed by atoms with Crippen LogP contribution in [0, 0.1) is 10.1 Å². The van der Waals surface area contributed by atoms with Crippen LogP contribution in [0.15, 0.2) is 83.9 Å². The first-order valence-corrected chi connectivity index (χ1v) is 10.8. The Morgan fingerprint density at radius 1 is 1.03 bits per heavy atom. The van der Waals surface area contributed by atoms with Gasteiger partial charge in [-0.3, -0.25) is 10.1 Å². The van der Waals surface area contributed by atoms with E-state index in [4.69, 9.17) is 4.74 Å². The molecule has 0 amide bonds. The Labute approximate surface area is 178 Å². The summed E-state index contributed by atoms with van der Waals surface area (Å²) in [5.74, 6) is 0.651. The lowest BCUT2D eigenvalue weighted by atomic mass is 9.99. The first-order chi connectivity index (χ1) is 14.9. The van der Waals surface area contributed by atoms with Crippen LogP contribution in [0.4, 0.5) is 5.69 Å². The van der Waals surface area contributed by atoms with Crippen molar-refractivity contribution in [3.05, 3.63) is 100 Å². The number of non-ortho nitro benzene ring substituents is 1. The number of hydrogen-bond acceptors (Lipinski definition) is 5. The topological polar surface area (TPSA) is 114 Å².